The second-order valence-electron chi connectivity index (χ2n) is 6.15. The molecule has 0 saturated heterocycles. The molecule has 2 aliphatic rings. The maximum absolute atomic E-state index is 6.09. The van der Waals surface area contributed by atoms with Gasteiger partial charge in [0, 0.05) is 30.0 Å². The van der Waals surface area contributed by atoms with Crippen LogP contribution in [0.5, 0.6) is 11.5 Å². The fourth-order valence-corrected chi connectivity index (χ4v) is 3.03. The first-order valence-electron chi connectivity index (χ1n) is 7.32. The molecular formula is C16H23NO2. The molecule has 104 valence electrons. The third-order valence-electron chi connectivity index (χ3n) is 3.89. The van der Waals surface area contributed by atoms with Crippen LogP contribution in [0.15, 0.2) is 12.1 Å². The number of nitrogens with one attached hydrogen (secondary N) is 1. The Hall–Kier alpha value is -1.22. The molecule has 2 heterocycles. The maximum Gasteiger partial charge on any atom is 0.166 e. The molecule has 2 aliphatic heterocycles. The largest absolute Gasteiger partial charge is 0.489 e. The highest BCUT2D eigenvalue weighted by atomic mass is 16.5. The predicted molar refractivity (Wildman–Crippen MR) is 76.0 cm³/mol. The van der Waals surface area contributed by atoms with Gasteiger partial charge in [-0.3, -0.25) is 0 Å². The molecule has 0 bridgehead atoms. The molecular weight excluding hydrogens is 238 g/mol. The summed E-state index contributed by atoms with van der Waals surface area (Å²) in [5.74, 6) is 1.95. The van der Waals surface area contributed by atoms with Crippen LogP contribution in [0.3, 0.4) is 0 Å². The van der Waals surface area contributed by atoms with Crippen molar-refractivity contribution in [3.63, 3.8) is 0 Å². The van der Waals surface area contributed by atoms with Gasteiger partial charge in [0.2, 0.25) is 0 Å². The van der Waals surface area contributed by atoms with E-state index in [9.17, 15) is 0 Å². The van der Waals surface area contributed by atoms with E-state index in [-0.39, 0.29) is 5.60 Å². The van der Waals surface area contributed by atoms with E-state index in [0.29, 0.717) is 6.04 Å². The Morgan fingerprint density at radius 1 is 1.32 bits per heavy atom. The lowest BCUT2D eigenvalue weighted by Crippen LogP contribution is -2.28. The van der Waals surface area contributed by atoms with Crippen molar-refractivity contribution in [3.05, 3.63) is 23.3 Å². The highest BCUT2D eigenvalue weighted by molar-refractivity contribution is 5.56. The number of hydrogen-bond acceptors (Lipinski definition) is 3. The first-order chi connectivity index (χ1) is 9.11. The van der Waals surface area contributed by atoms with E-state index in [1.54, 1.807) is 0 Å². The van der Waals surface area contributed by atoms with Crippen LogP contribution in [0.25, 0.3) is 0 Å². The monoisotopic (exact) mass is 261 g/mol. The van der Waals surface area contributed by atoms with Crippen molar-refractivity contribution in [2.45, 2.75) is 51.7 Å². The summed E-state index contributed by atoms with van der Waals surface area (Å²) in [5.41, 5.74) is 2.43. The standard InChI is InChI=1S/C16H23NO2/c1-4-8-17-13-7-9-18-15-12(13)6-5-11-10-16(2,3)19-14(11)15/h5-6,13,17H,4,7-10H2,1-3H3. The molecule has 0 aromatic heterocycles. The smallest absolute Gasteiger partial charge is 0.166 e. The summed E-state index contributed by atoms with van der Waals surface area (Å²) in [5, 5.41) is 3.60. The Labute approximate surface area is 115 Å². The highest BCUT2D eigenvalue weighted by Gasteiger charge is 2.35. The average Bonchev–Trinajstić information content (AvgIpc) is 2.70. The number of hydrogen-bond donors (Lipinski definition) is 1. The molecule has 0 fully saturated rings. The van der Waals surface area contributed by atoms with Gasteiger partial charge < -0.3 is 14.8 Å². The van der Waals surface area contributed by atoms with Gasteiger partial charge in [-0.15, -0.1) is 0 Å². The van der Waals surface area contributed by atoms with Crippen LogP contribution >= 0.6 is 0 Å². The number of rotatable bonds is 3. The van der Waals surface area contributed by atoms with Crippen molar-refractivity contribution in [1.82, 2.24) is 5.32 Å². The topological polar surface area (TPSA) is 30.5 Å². The minimum Gasteiger partial charge on any atom is -0.489 e. The van der Waals surface area contributed by atoms with Crippen molar-refractivity contribution in [2.75, 3.05) is 13.2 Å². The highest BCUT2D eigenvalue weighted by Crippen LogP contribution is 2.47. The summed E-state index contributed by atoms with van der Waals surface area (Å²) < 4.78 is 12.0. The van der Waals surface area contributed by atoms with E-state index >= 15 is 0 Å². The summed E-state index contributed by atoms with van der Waals surface area (Å²) in [6.45, 7) is 8.29. The fraction of sp³-hybridized carbons (Fsp3) is 0.625. The molecule has 1 N–H and O–H groups in total. The number of ether oxygens (including phenoxy) is 2. The van der Waals surface area contributed by atoms with Gasteiger partial charge >= 0.3 is 0 Å². The molecule has 3 rings (SSSR count). The first kappa shape index (κ1) is 12.8. The Kier molecular flexibility index (Phi) is 3.17. The van der Waals surface area contributed by atoms with E-state index in [1.165, 1.54) is 11.1 Å². The van der Waals surface area contributed by atoms with Crippen molar-refractivity contribution in [2.24, 2.45) is 0 Å². The van der Waals surface area contributed by atoms with E-state index in [4.69, 9.17) is 9.47 Å². The summed E-state index contributed by atoms with van der Waals surface area (Å²) >= 11 is 0. The van der Waals surface area contributed by atoms with Gasteiger partial charge in [0.05, 0.1) is 6.61 Å². The quantitative estimate of drug-likeness (QED) is 0.906. The SMILES string of the molecule is CCCNC1CCOc2c1ccc1c2OC(C)(C)C1. The van der Waals surface area contributed by atoms with Crippen LogP contribution in [0.2, 0.25) is 0 Å². The second kappa shape index (κ2) is 4.71. The van der Waals surface area contributed by atoms with Crippen LogP contribution in [-0.2, 0) is 6.42 Å². The van der Waals surface area contributed by atoms with Crippen LogP contribution < -0.4 is 14.8 Å². The van der Waals surface area contributed by atoms with Crippen molar-refractivity contribution < 1.29 is 9.47 Å². The normalized spacial score (nSPS) is 23.2. The van der Waals surface area contributed by atoms with Gasteiger partial charge in [0.15, 0.2) is 11.5 Å². The van der Waals surface area contributed by atoms with Crippen LogP contribution in [0.1, 0.15) is 50.8 Å². The minimum atomic E-state index is -0.107. The van der Waals surface area contributed by atoms with Crippen LogP contribution in [0, 0.1) is 0 Å². The van der Waals surface area contributed by atoms with Gasteiger partial charge in [-0.05, 0) is 26.8 Å². The Morgan fingerprint density at radius 2 is 2.16 bits per heavy atom. The summed E-state index contributed by atoms with van der Waals surface area (Å²) in [4.78, 5) is 0. The maximum atomic E-state index is 6.09. The fourth-order valence-electron chi connectivity index (χ4n) is 3.03. The molecule has 1 atom stereocenters. The van der Waals surface area contributed by atoms with Crippen molar-refractivity contribution in [1.29, 1.82) is 0 Å². The summed E-state index contributed by atoms with van der Waals surface area (Å²) in [6, 6.07) is 4.82. The zero-order valence-electron chi connectivity index (χ0n) is 12.1. The summed E-state index contributed by atoms with van der Waals surface area (Å²) in [6.07, 6.45) is 3.16. The van der Waals surface area contributed by atoms with Gasteiger partial charge in [-0.1, -0.05) is 19.1 Å². The molecule has 3 heteroatoms. The number of fused-ring (bicyclic) bond motifs is 3. The average molecular weight is 261 g/mol. The van der Waals surface area contributed by atoms with Gasteiger partial charge in [0.1, 0.15) is 5.60 Å². The van der Waals surface area contributed by atoms with E-state index < -0.39 is 0 Å². The molecule has 1 unspecified atom stereocenters. The number of benzene rings is 1. The molecule has 0 spiro atoms. The lowest BCUT2D eigenvalue weighted by molar-refractivity contribution is 0.129. The second-order valence-corrected chi connectivity index (χ2v) is 6.15. The predicted octanol–water partition coefficient (Wildman–Crippen LogP) is 3.22. The molecule has 19 heavy (non-hydrogen) atoms. The van der Waals surface area contributed by atoms with Gasteiger partial charge in [-0.2, -0.15) is 0 Å². The molecule has 1 aromatic carbocycles. The Morgan fingerprint density at radius 3 is 2.95 bits per heavy atom. The molecule has 0 aliphatic carbocycles. The van der Waals surface area contributed by atoms with Crippen LogP contribution in [0.4, 0.5) is 0 Å². The van der Waals surface area contributed by atoms with Crippen LogP contribution in [-0.4, -0.2) is 18.8 Å². The van der Waals surface area contributed by atoms with E-state index in [2.05, 4.69) is 38.2 Å². The zero-order valence-corrected chi connectivity index (χ0v) is 12.1. The lowest BCUT2D eigenvalue weighted by atomic mass is 9.95. The van der Waals surface area contributed by atoms with E-state index in [0.717, 1.165) is 43.9 Å². The first-order valence-corrected chi connectivity index (χ1v) is 7.32. The van der Waals surface area contributed by atoms with Gasteiger partial charge in [0.25, 0.3) is 0 Å². The molecule has 0 radical (unpaired) electrons. The van der Waals surface area contributed by atoms with E-state index in [1.807, 2.05) is 0 Å². The third-order valence-corrected chi connectivity index (χ3v) is 3.89. The molecule has 0 saturated carbocycles. The van der Waals surface area contributed by atoms with Crippen molar-refractivity contribution in [3.8, 4) is 11.5 Å². The van der Waals surface area contributed by atoms with Gasteiger partial charge in [-0.25, -0.2) is 0 Å². The Bertz CT molecular complexity index is 482. The molecule has 3 nitrogen and oxygen atoms in total. The lowest BCUT2D eigenvalue weighted by Gasteiger charge is -2.28. The minimum absolute atomic E-state index is 0.107. The molecule has 0 amide bonds. The Balaban J connectivity index is 1.94. The van der Waals surface area contributed by atoms with Crippen molar-refractivity contribution >= 4 is 0 Å². The molecule has 1 aromatic rings. The zero-order chi connectivity index (χ0) is 13.5. The third kappa shape index (κ3) is 2.32. The summed E-state index contributed by atoms with van der Waals surface area (Å²) in [7, 11) is 0.